The second-order valence-corrected chi connectivity index (χ2v) is 7.69. The number of allylic oxidation sites excluding steroid dienone is 1. The predicted molar refractivity (Wildman–Crippen MR) is 124 cm³/mol. The number of benzene rings is 2. The van der Waals surface area contributed by atoms with Gasteiger partial charge in [-0.3, -0.25) is 14.3 Å². The van der Waals surface area contributed by atoms with Gasteiger partial charge < -0.3 is 5.32 Å². The van der Waals surface area contributed by atoms with Crippen molar-refractivity contribution in [3.05, 3.63) is 103 Å². The van der Waals surface area contributed by atoms with Gasteiger partial charge in [0.25, 0.3) is 5.91 Å². The minimum Gasteiger partial charge on any atom is -0.322 e. The van der Waals surface area contributed by atoms with Crippen molar-refractivity contribution in [1.82, 2.24) is 19.7 Å². The van der Waals surface area contributed by atoms with Gasteiger partial charge in [0, 0.05) is 41.5 Å². The molecule has 0 aliphatic heterocycles. The molecule has 0 spiro atoms. The Hall–Kier alpha value is -3.71. The van der Waals surface area contributed by atoms with E-state index in [0.29, 0.717) is 17.9 Å². The average molecular weight is 428 g/mol. The lowest BCUT2D eigenvalue weighted by molar-refractivity contribution is 0.102. The summed E-state index contributed by atoms with van der Waals surface area (Å²) in [7, 11) is 0. The van der Waals surface area contributed by atoms with Crippen molar-refractivity contribution in [3.8, 4) is 11.4 Å². The fourth-order valence-electron chi connectivity index (χ4n) is 3.03. The molecule has 1 amide bonds. The van der Waals surface area contributed by atoms with Crippen LogP contribution in [0.2, 0.25) is 0 Å². The molecule has 4 rings (SSSR count). The van der Waals surface area contributed by atoms with Gasteiger partial charge in [-0.15, -0.1) is 16.8 Å². The van der Waals surface area contributed by atoms with Gasteiger partial charge in [-0.25, -0.2) is 0 Å². The molecular formula is C24H21N5OS. The molecule has 154 valence electrons. The van der Waals surface area contributed by atoms with Crippen LogP contribution >= 0.6 is 11.8 Å². The molecule has 2 heterocycles. The molecule has 0 unspecified atom stereocenters. The Morgan fingerprint density at radius 3 is 2.45 bits per heavy atom. The van der Waals surface area contributed by atoms with Gasteiger partial charge in [0.1, 0.15) is 0 Å². The molecular weight excluding hydrogens is 406 g/mol. The van der Waals surface area contributed by atoms with Crippen LogP contribution in [-0.4, -0.2) is 25.7 Å². The first-order valence-electron chi connectivity index (χ1n) is 9.77. The number of carbonyl (C=O) groups is 1. The van der Waals surface area contributed by atoms with Gasteiger partial charge in [-0.1, -0.05) is 48.2 Å². The minimum atomic E-state index is -0.127. The number of para-hydroxylation sites is 1. The van der Waals surface area contributed by atoms with E-state index in [1.807, 2.05) is 77.4 Å². The number of thioether (sulfide) groups is 1. The number of rotatable bonds is 8. The third-order valence-corrected chi connectivity index (χ3v) is 5.62. The Labute approximate surface area is 185 Å². The number of pyridine rings is 1. The van der Waals surface area contributed by atoms with Crippen molar-refractivity contribution in [2.45, 2.75) is 17.5 Å². The van der Waals surface area contributed by atoms with E-state index in [9.17, 15) is 4.79 Å². The van der Waals surface area contributed by atoms with Gasteiger partial charge in [0.15, 0.2) is 11.0 Å². The van der Waals surface area contributed by atoms with Crippen LogP contribution in [0.3, 0.4) is 0 Å². The maximum absolute atomic E-state index is 12.4. The molecule has 7 heteroatoms. The summed E-state index contributed by atoms with van der Waals surface area (Å²) in [4.78, 5) is 16.5. The van der Waals surface area contributed by atoms with Crippen molar-refractivity contribution < 1.29 is 4.79 Å². The van der Waals surface area contributed by atoms with Crippen molar-refractivity contribution >= 4 is 23.4 Å². The monoisotopic (exact) mass is 427 g/mol. The highest BCUT2D eigenvalue weighted by Crippen LogP contribution is 2.26. The van der Waals surface area contributed by atoms with Crippen molar-refractivity contribution in [1.29, 1.82) is 0 Å². The summed E-state index contributed by atoms with van der Waals surface area (Å²) in [6, 6.07) is 20.9. The summed E-state index contributed by atoms with van der Waals surface area (Å²) < 4.78 is 2.04. The molecule has 1 N–H and O–H groups in total. The number of aromatic nitrogens is 4. The number of nitrogens with one attached hydrogen (secondary N) is 1. The summed E-state index contributed by atoms with van der Waals surface area (Å²) in [5.41, 5.74) is 3.45. The molecule has 0 atom stereocenters. The minimum absolute atomic E-state index is 0.127. The van der Waals surface area contributed by atoms with Crippen LogP contribution in [-0.2, 0) is 12.3 Å². The summed E-state index contributed by atoms with van der Waals surface area (Å²) in [5, 5.41) is 12.4. The zero-order valence-electron chi connectivity index (χ0n) is 16.8. The smallest absolute Gasteiger partial charge is 0.255 e. The molecule has 0 saturated heterocycles. The van der Waals surface area contributed by atoms with E-state index in [1.165, 1.54) is 0 Å². The molecule has 0 saturated carbocycles. The molecule has 31 heavy (non-hydrogen) atoms. The first kappa shape index (κ1) is 20.6. The second kappa shape index (κ2) is 9.86. The third-order valence-electron chi connectivity index (χ3n) is 4.58. The maximum Gasteiger partial charge on any atom is 0.255 e. The normalized spacial score (nSPS) is 10.6. The van der Waals surface area contributed by atoms with E-state index in [0.717, 1.165) is 27.8 Å². The third kappa shape index (κ3) is 5.07. The number of hydrogen-bond acceptors (Lipinski definition) is 5. The van der Waals surface area contributed by atoms with Crippen molar-refractivity contribution in [2.24, 2.45) is 0 Å². The number of carbonyl (C=O) groups excluding carboxylic acids is 1. The molecule has 0 bridgehead atoms. The Morgan fingerprint density at radius 2 is 1.74 bits per heavy atom. The Kier molecular flexibility index (Phi) is 6.54. The summed E-state index contributed by atoms with van der Waals surface area (Å²) >= 11 is 1.60. The van der Waals surface area contributed by atoms with Crippen LogP contribution in [0.4, 0.5) is 5.69 Å². The van der Waals surface area contributed by atoms with Crippen LogP contribution in [0.5, 0.6) is 0 Å². The van der Waals surface area contributed by atoms with Crippen LogP contribution in [0.15, 0.2) is 96.9 Å². The number of anilines is 1. The lowest BCUT2D eigenvalue weighted by Gasteiger charge is -2.08. The summed E-state index contributed by atoms with van der Waals surface area (Å²) in [6.45, 7) is 4.47. The summed E-state index contributed by atoms with van der Waals surface area (Å²) in [5.74, 6) is 1.38. The van der Waals surface area contributed by atoms with Crippen LogP contribution in [0, 0.1) is 0 Å². The van der Waals surface area contributed by atoms with Gasteiger partial charge in [-0.2, -0.15) is 0 Å². The van der Waals surface area contributed by atoms with E-state index in [-0.39, 0.29) is 5.91 Å². The molecule has 0 fully saturated rings. The molecule has 2 aromatic carbocycles. The number of amides is 1. The zero-order chi connectivity index (χ0) is 21.5. The quantitative estimate of drug-likeness (QED) is 0.314. The fraction of sp³-hybridized carbons (Fsp3) is 0.0833. The lowest BCUT2D eigenvalue weighted by atomic mass is 10.1. The molecule has 0 aliphatic carbocycles. The first-order valence-corrected chi connectivity index (χ1v) is 10.8. The van der Waals surface area contributed by atoms with Gasteiger partial charge in [0.2, 0.25) is 0 Å². The number of nitrogens with zero attached hydrogens (tertiary/aromatic N) is 4. The van der Waals surface area contributed by atoms with Gasteiger partial charge in [0.05, 0.1) is 0 Å². The molecule has 0 aliphatic rings. The van der Waals surface area contributed by atoms with E-state index >= 15 is 0 Å². The fourth-order valence-corrected chi connectivity index (χ4v) is 3.93. The topological polar surface area (TPSA) is 72.7 Å². The predicted octanol–water partition coefficient (Wildman–Crippen LogP) is 5.07. The SMILES string of the molecule is C=CCn1c(SCc2ccc(C(=O)Nc3ccccc3)cc2)nnc1-c1ccncc1. The Morgan fingerprint density at radius 1 is 1.00 bits per heavy atom. The molecule has 4 aromatic rings. The molecule has 6 nitrogen and oxygen atoms in total. The average Bonchev–Trinajstić information content (AvgIpc) is 3.22. The molecule has 0 radical (unpaired) electrons. The van der Waals surface area contributed by atoms with Crippen LogP contribution < -0.4 is 5.32 Å². The number of hydrogen-bond donors (Lipinski definition) is 1. The zero-order valence-corrected chi connectivity index (χ0v) is 17.6. The highest BCUT2D eigenvalue weighted by Gasteiger charge is 2.14. The van der Waals surface area contributed by atoms with Crippen molar-refractivity contribution in [3.63, 3.8) is 0 Å². The van der Waals surface area contributed by atoms with E-state index < -0.39 is 0 Å². The highest BCUT2D eigenvalue weighted by atomic mass is 32.2. The van der Waals surface area contributed by atoms with Crippen LogP contribution in [0.1, 0.15) is 15.9 Å². The largest absolute Gasteiger partial charge is 0.322 e. The summed E-state index contributed by atoms with van der Waals surface area (Å²) in [6.07, 6.45) is 5.31. The lowest BCUT2D eigenvalue weighted by Crippen LogP contribution is -2.11. The Bertz CT molecular complexity index is 1160. The highest BCUT2D eigenvalue weighted by molar-refractivity contribution is 7.98. The van der Waals surface area contributed by atoms with E-state index in [2.05, 4.69) is 27.1 Å². The van der Waals surface area contributed by atoms with E-state index in [4.69, 9.17) is 0 Å². The first-order chi connectivity index (χ1) is 15.2. The van der Waals surface area contributed by atoms with Gasteiger partial charge >= 0.3 is 0 Å². The molecule has 2 aromatic heterocycles. The standard InChI is InChI=1S/C24H21N5OS/c1-2-16-29-22(19-12-14-25-15-13-19)27-28-24(29)31-17-18-8-10-20(11-9-18)23(30)26-21-6-4-3-5-7-21/h2-15H,1,16-17H2,(H,26,30). The van der Waals surface area contributed by atoms with Crippen LogP contribution in [0.25, 0.3) is 11.4 Å². The maximum atomic E-state index is 12.4. The second-order valence-electron chi connectivity index (χ2n) is 6.75. The Balaban J connectivity index is 1.43. The van der Waals surface area contributed by atoms with E-state index in [1.54, 1.807) is 24.2 Å². The van der Waals surface area contributed by atoms with Crippen molar-refractivity contribution in [2.75, 3.05) is 5.32 Å². The van der Waals surface area contributed by atoms with Gasteiger partial charge in [-0.05, 0) is 42.0 Å².